The van der Waals surface area contributed by atoms with Gasteiger partial charge in [0, 0.05) is 25.3 Å². The molecule has 0 spiro atoms. The molecule has 0 radical (unpaired) electrons. The Labute approximate surface area is 179 Å². The Bertz CT molecular complexity index is 899. The molecule has 2 N–H and O–H groups in total. The van der Waals surface area contributed by atoms with Crippen molar-refractivity contribution in [3.8, 4) is 0 Å². The van der Waals surface area contributed by atoms with Crippen molar-refractivity contribution in [2.75, 3.05) is 25.0 Å². The van der Waals surface area contributed by atoms with Crippen LogP contribution in [-0.4, -0.2) is 44.2 Å². The van der Waals surface area contributed by atoms with Gasteiger partial charge < -0.3 is 10.2 Å². The molecule has 1 aromatic carbocycles. The third-order valence-electron chi connectivity index (χ3n) is 7.55. The minimum atomic E-state index is -3.65. The van der Waals surface area contributed by atoms with Crippen LogP contribution in [0.5, 0.6) is 0 Å². The minimum absolute atomic E-state index is 0.487. The van der Waals surface area contributed by atoms with Crippen LogP contribution in [0.2, 0.25) is 0 Å². The third kappa shape index (κ3) is 3.98. The Kier molecular flexibility index (Phi) is 5.52. The van der Waals surface area contributed by atoms with Crippen LogP contribution >= 0.6 is 0 Å². The highest BCUT2D eigenvalue weighted by Gasteiger charge is 2.39. The number of sulfonamides is 1. The summed E-state index contributed by atoms with van der Waals surface area (Å²) in [6.07, 6.45) is 12.7. The summed E-state index contributed by atoms with van der Waals surface area (Å²) < 4.78 is 27.7. The molecule has 30 heavy (non-hydrogen) atoms. The van der Waals surface area contributed by atoms with Gasteiger partial charge >= 0.3 is 6.03 Å². The molecule has 1 aliphatic heterocycles. The largest absolute Gasteiger partial charge is 0.332 e. The van der Waals surface area contributed by atoms with E-state index in [1.54, 1.807) is 0 Å². The maximum Gasteiger partial charge on any atom is 0.332 e. The highest BCUT2D eigenvalue weighted by atomic mass is 32.2. The molecule has 2 amide bonds. The van der Waals surface area contributed by atoms with E-state index in [4.69, 9.17) is 0 Å². The summed E-state index contributed by atoms with van der Waals surface area (Å²) in [6, 6.07) is 1.70. The number of nitrogens with one attached hydrogen (secondary N) is 2. The standard InChI is InChI=1S/C23H33N3O3S/c27-23(24-22-20-10-4-8-17(20)12-18-9-5-11-21(18)22)25-30(28,29)19-14-26(15-19)13-16-6-2-1-3-7-16/h12,16,19H,1-11,13-15H2,(H2,24,25,27). The predicted molar refractivity (Wildman–Crippen MR) is 118 cm³/mol. The second kappa shape index (κ2) is 8.15. The van der Waals surface area contributed by atoms with Crippen LogP contribution in [0.3, 0.4) is 0 Å². The number of benzene rings is 1. The smallest absolute Gasteiger partial charge is 0.307 e. The van der Waals surface area contributed by atoms with Gasteiger partial charge in [0.05, 0.1) is 0 Å². The summed E-state index contributed by atoms with van der Waals surface area (Å²) in [7, 11) is -3.65. The fourth-order valence-electron chi connectivity index (χ4n) is 5.92. The Morgan fingerprint density at radius 2 is 1.57 bits per heavy atom. The molecule has 3 aliphatic carbocycles. The molecular weight excluding hydrogens is 398 g/mol. The lowest BCUT2D eigenvalue weighted by molar-refractivity contribution is 0.138. The molecule has 0 bridgehead atoms. The normalized spacial score (nSPS) is 22.4. The first-order chi connectivity index (χ1) is 14.5. The second-order valence-electron chi connectivity index (χ2n) is 9.68. The van der Waals surface area contributed by atoms with E-state index < -0.39 is 21.3 Å². The number of likely N-dealkylation sites (tertiary alicyclic amines) is 1. The summed E-state index contributed by atoms with van der Waals surface area (Å²) in [5, 5.41) is 2.45. The zero-order valence-corrected chi connectivity index (χ0v) is 18.5. The van der Waals surface area contributed by atoms with Gasteiger partial charge in [-0.05, 0) is 79.5 Å². The van der Waals surface area contributed by atoms with Gasteiger partial charge in [0.1, 0.15) is 5.25 Å². The highest BCUT2D eigenvalue weighted by molar-refractivity contribution is 7.90. The number of carbonyl (C=O) groups excluding carboxylic acids is 1. The first-order valence-electron chi connectivity index (χ1n) is 11.7. The van der Waals surface area contributed by atoms with Gasteiger partial charge in [-0.15, -0.1) is 0 Å². The molecule has 164 valence electrons. The molecule has 1 aromatic rings. The molecule has 4 aliphatic rings. The number of hydrogen-bond acceptors (Lipinski definition) is 4. The van der Waals surface area contributed by atoms with E-state index in [0.29, 0.717) is 19.0 Å². The van der Waals surface area contributed by atoms with E-state index in [2.05, 4.69) is 21.0 Å². The number of amides is 2. The topological polar surface area (TPSA) is 78.5 Å². The number of aryl methyl sites for hydroxylation is 2. The number of hydrogen-bond donors (Lipinski definition) is 2. The summed E-state index contributed by atoms with van der Waals surface area (Å²) >= 11 is 0. The van der Waals surface area contributed by atoms with Gasteiger partial charge in [-0.25, -0.2) is 17.9 Å². The van der Waals surface area contributed by atoms with Crippen LogP contribution in [0.15, 0.2) is 6.07 Å². The lowest BCUT2D eigenvalue weighted by atomic mass is 9.88. The first kappa shape index (κ1) is 20.3. The van der Waals surface area contributed by atoms with Crippen molar-refractivity contribution in [1.29, 1.82) is 0 Å². The van der Waals surface area contributed by atoms with Crippen molar-refractivity contribution in [2.24, 2.45) is 5.92 Å². The van der Waals surface area contributed by atoms with Crippen molar-refractivity contribution in [1.82, 2.24) is 9.62 Å². The number of fused-ring (bicyclic) bond motifs is 2. The number of carbonyl (C=O) groups is 1. The summed E-state index contributed by atoms with van der Waals surface area (Å²) in [5.41, 5.74) is 5.96. The van der Waals surface area contributed by atoms with Gasteiger partial charge in [-0.1, -0.05) is 25.3 Å². The van der Waals surface area contributed by atoms with Gasteiger partial charge in [0.15, 0.2) is 0 Å². The van der Waals surface area contributed by atoms with Crippen molar-refractivity contribution in [2.45, 2.75) is 75.9 Å². The van der Waals surface area contributed by atoms with E-state index in [9.17, 15) is 13.2 Å². The van der Waals surface area contributed by atoms with Gasteiger partial charge in [0.2, 0.25) is 10.0 Å². The zero-order chi connectivity index (χ0) is 20.7. The lowest BCUT2D eigenvalue weighted by Gasteiger charge is -2.41. The molecular formula is C23H33N3O3S. The monoisotopic (exact) mass is 431 g/mol. The maximum absolute atomic E-state index is 12.7. The minimum Gasteiger partial charge on any atom is -0.307 e. The molecule has 1 saturated heterocycles. The predicted octanol–water partition coefficient (Wildman–Crippen LogP) is 3.38. The fraction of sp³-hybridized carbons (Fsp3) is 0.696. The van der Waals surface area contributed by atoms with E-state index >= 15 is 0 Å². The van der Waals surface area contributed by atoms with E-state index in [1.165, 1.54) is 54.4 Å². The summed E-state index contributed by atoms with van der Waals surface area (Å²) in [6.45, 7) is 2.07. The van der Waals surface area contributed by atoms with Gasteiger partial charge in [-0.2, -0.15) is 0 Å². The highest BCUT2D eigenvalue weighted by Crippen LogP contribution is 2.38. The third-order valence-corrected chi connectivity index (χ3v) is 9.20. The zero-order valence-electron chi connectivity index (χ0n) is 17.7. The van der Waals surface area contributed by atoms with Crippen molar-refractivity contribution in [3.63, 3.8) is 0 Å². The second-order valence-corrected chi connectivity index (χ2v) is 11.6. The van der Waals surface area contributed by atoms with Crippen LogP contribution in [0.25, 0.3) is 0 Å². The molecule has 5 rings (SSSR count). The Morgan fingerprint density at radius 1 is 0.933 bits per heavy atom. The maximum atomic E-state index is 12.7. The van der Waals surface area contributed by atoms with Crippen molar-refractivity contribution < 1.29 is 13.2 Å². The number of anilines is 1. The Balaban J connectivity index is 1.19. The van der Waals surface area contributed by atoms with Crippen LogP contribution in [0.4, 0.5) is 10.5 Å². The average molecular weight is 432 g/mol. The number of urea groups is 1. The number of rotatable bonds is 5. The molecule has 0 atom stereocenters. The Hall–Kier alpha value is -1.60. The van der Waals surface area contributed by atoms with Gasteiger partial charge in [-0.3, -0.25) is 0 Å². The van der Waals surface area contributed by atoms with Crippen molar-refractivity contribution in [3.05, 3.63) is 28.3 Å². The van der Waals surface area contributed by atoms with E-state index in [-0.39, 0.29) is 0 Å². The van der Waals surface area contributed by atoms with Crippen LogP contribution in [-0.2, 0) is 35.7 Å². The molecule has 2 fully saturated rings. The molecule has 1 saturated carbocycles. The fourth-order valence-corrected chi connectivity index (χ4v) is 7.21. The molecule has 0 unspecified atom stereocenters. The quantitative estimate of drug-likeness (QED) is 0.749. The molecule has 0 aromatic heterocycles. The lowest BCUT2D eigenvalue weighted by Crippen LogP contribution is -2.59. The van der Waals surface area contributed by atoms with Crippen LogP contribution < -0.4 is 10.0 Å². The number of nitrogens with zero attached hydrogens (tertiary/aromatic N) is 1. The SMILES string of the molecule is O=C(Nc1c2c(cc3c1CCC3)CCC2)NS(=O)(=O)C1CN(CC2CCCCC2)C1. The molecule has 1 heterocycles. The summed E-state index contributed by atoms with van der Waals surface area (Å²) in [4.78, 5) is 14.9. The molecule has 7 heteroatoms. The molecule has 6 nitrogen and oxygen atoms in total. The average Bonchev–Trinajstić information content (AvgIpc) is 3.33. The van der Waals surface area contributed by atoms with E-state index in [0.717, 1.165) is 50.8 Å². The van der Waals surface area contributed by atoms with E-state index in [1.807, 2.05) is 0 Å². The van der Waals surface area contributed by atoms with Gasteiger partial charge in [0.25, 0.3) is 0 Å². The Morgan fingerprint density at radius 3 is 2.20 bits per heavy atom. The van der Waals surface area contributed by atoms with Crippen LogP contribution in [0, 0.1) is 5.92 Å². The van der Waals surface area contributed by atoms with Crippen molar-refractivity contribution >= 4 is 21.7 Å². The first-order valence-corrected chi connectivity index (χ1v) is 13.3. The summed E-state index contributed by atoms with van der Waals surface area (Å²) in [5.74, 6) is 0.709. The van der Waals surface area contributed by atoms with Crippen LogP contribution in [0.1, 0.15) is 67.2 Å².